The highest BCUT2D eigenvalue weighted by molar-refractivity contribution is 5.95. The minimum atomic E-state index is -0.653. The van der Waals surface area contributed by atoms with Crippen LogP contribution in [-0.2, 0) is 4.79 Å². The maximum Gasteiger partial charge on any atom is 0.272 e. The zero-order valence-corrected chi connectivity index (χ0v) is 15.2. The number of carbonyl (C=O) groups is 2. The number of aromatic nitrogens is 1. The molecule has 2 N–H and O–H groups in total. The van der Waals surface area contributed by atoms with Crippen molar-refractivity contribution in [2.75, 3.05) is 13.1 Å². The zero-order valence-electron chi connectivity index (χ0n) is 15.2. The van der Waals surface area contributed by atoms with Crippen LogP contribution in [-0.4, -0.2) is 52.0 Å². The van der Waals surface area contributed by atoms with Gasteiger partial charge < -0.3 is 15.3 Å². The Bertz CT molecular complexity index is 806. The minimum Gasteiger partial charge on any atom is -0.391 e. The molecule has 1 fully saturated rings. The number of rotatable bonds is 3. The van der Waals surface area contributed by atoms with Crippen molar-refractivity contribution in [3.8, 4) is 0 Å². The van der Waals surface area contributed by atoms with Gasteiger partial charge in [-0.1, -0.05) is 38.1 Å². The first-order valence-corrected chi connectivity index (χ1v) is 9.09. The van der Waals surface area contributed by atoms with E-state index in [0.29, 0.717) is 31.6 Å². The number of nitrogens with zero attached hydrogens (tertiary/aromatic N) is 2. The molecule has 138 valence electrons. The number of likely N-dealkylation sites (tertiary alicyclic amines) is 1. The van der Waals surface area contributed by atoms with E-state index < -0.39 is 6.10 Å². The van der Waals surface area contributed by atoms with Crippen LogP contribution in [0.2, 0.25) is 0 Å². The fraction of sp³-hybridized carbons (Fsp3) is 0.450. The van der Waals surface area contributed by atoms with Crippen LogP contribution < -0.4 is 5.32 Å². The number of hydrogen-bond donors (Lipinski definition) is 2. The fourth-order valence-electron chi connectivity index (χ4n) is 3.16. The van der Waals surface area contributed by atoms with E-state index >= 15 is 0 Å². The number of aliphatic hydroxyl groups excluding tert-OH is 1. The van der Waals surface area contributed by atoms with Gasteiger partial charge in [-0.15, -0.1) is 0 Å². The second kappa shape index (κ2) is 7.83. The molecule has 1 aliphatic heterocycles. The van der Waals surface area contributed by atoms with E-state index in [0.717, 1.165) is 10.9 Å². The van der Waals surface area contributed by atoms with Crippen LogP contribution in [0, 0.1) is 5.92 Å². The first-order valence-electron chi connectivity index (χ1n) is 9.09. The Morgan fingerprint density at radius 1 is 1.15 bits per heavy atom. The molecule has 2 atom stereocenters. The van der Waals surface area contributed by atoms with E-state index in [-0.39, 0.29) is 23.8 Å². The van der Waals surface area contributed by atoms with E-state index in [1.54, 1.807) is 11.0 Å². The first kappa shape index (κ1) is 18.3. The van der Waals surface area contributed by atoms with Crippen LogP contribution >= 0.6 is 0 Å². The average molecular weight is 355 g/mol. The number of para-hydroxylation sites is 1. The predicted octanol–water partition coefficient (Wildman–Crippen LogP) is 1.97. The SMILES string of the molecule is CC(C)C(=O)N[C@H]1CCN(C(=O)c2ccc3ccccc3n2)CC[C@@H]1O. The Kier molecular flexibility index (Phi) is 5.52. The van der Waals surface area contributed by atoms with E-state index in [1.807, 2.05) is 44.2 Å². The highest BCUT2D eigenvalue weighted by Crippen LogP contribution is 2.17. The average Bonchev–Trinajstić information content (AvgIpc) is 2.82. The Labute approximate surface area is 153 Å². The van der Waals surface area contributed by atoms with Gasteiger partial charge in [0, 0.05) is 24.4 Å². The van der Waals surface area contributed by atoms with Gasteiger partial charge in [-0.3, -0.25) is 9.59 Å². The molecule has 2 amide bonds. The number of hydrogen-bond acceptors (Lipinski definition) is 4. The summed E-state index contributed by atoms with van der Waals surface area (Å²) in [6.07, 6.45) is 0.307. The summed E-state index contributed by atoms with van der Waals surface area (Å²) in [5.74, 6) is -0.353. The lowest BCUT2D eigenvalue weighted by molar-refractivity contribution is -0.125. The Balaban J connectivity index is 1.71. The monoisotopic (exact) mass is 355 g/mol. The minimum absolute atomic E-state index is 0.0787. The third-order valence-corrected chi connectivity index (χ3v) is 4.83. The molecule has 0 bridgehead atoms. The van der Waals surface area contributed by atoms with Crippen LogP contribution in [0.1, 0.15) is 37.2 Å². The van der Waals surface area contributed by atoms with Crippen LogP contribution in [0.5, 0.6) is 0 Å². The Hall–Kier alpha value is -2.47. The largest absolute Gasteiger partial charge is 0.391 e. The molecule has 0 aliphatic carbocycles. The van der Waals surface area contributed by atoms with E-state index in [1.165, 1.54) is 0 Å². The lowest BCUT2D eigenvalue weighted by atomic mass is 10.1. The summed E-state index contributed by atoms with van der Waals surface area (Å²) in [7, 11) is 0. The molecule has 1 saturated heterocycles. The smallest absolute Gasteiger partial charge is 0.272 e. The van der Waals surface area contributed by atoms with Gasteiger partial charge in [-0.2, -0.15) is 0 Å². The third-order valence-electron chi connectivity index (χ3n) is 4.83. The summed E-state index contributed by atoms with van der Waals surface area (Å²) < 4.78 is 0. The van der Waals surface area contributed by atoms with Gasteiger partial charge in [-0.05, 0) is 25.0 Å². The molecular weight excluding hydrogens is 330 g/mol. The molecular formula is C20H25N3O3. The summed E-state index contributed by atoms with van der Waals surface area (Å²) in [4.78, 5) is 30.9. The molecule has 1 aliphatic rings. The van der Waals surface area contributed by atoms with Crippen LogP contribution in [0.25, 0.3) is 10.9 Å². The van der Waals surface area contributed by atoms with Gasteiger partial charge in [0.15, 0.2) is 0 Å². The number of aliphatic hydroxyl groups is 1. The molecule has 2 heterocycles. The van der Waals surface area contributed by atoms with Crippen molar-refractivity contribution < 1.29 is 14.7 Å². The summed E-state index contributed by atoms with van der Waals surface area (Å²) in [5.41, 5.74) is 1.19. The third kappa shape index (κ3) is 4.02. The topological polar surface area (TPSA) is 82.5 Å². The predicted molar refractivity (Wildman–Crippen MR) is 99.7 cm³/mol. The normalized spacial score (nSPS) is 20.8. The number of carbonyl (C=O) groups excluding carboxylic acids is 2. The highest BCUT2D eigenvalue weighted by atomic mass is 16.3. The maximum atomic E-state index is 12.8. The second-order valence-electron chi connectivity index (χ2n) is 7.10. The molecule has 1 aromatic heterocycles. The molecule has 26 heavy (non-hydrogen) atoms. The first-order chi connectivity index (χ1) is 12.5. The number of nitrogens with one attached hydrogen (secondary N) is 1. The second-order valence-corrected chi connectivity index (χ2v) is 7.10. The van der Waals surface area contributed by atoms with E-state index in [4.69, 9.17) is 0 Å². The van der Waals surface area contributed by atoms with Crippen LogP contribution in [0.4, 0.5) is 0 Å². The molecule has 3 rings (SSSR count). The van der Waals surface area contributed by atoms with Crippen molar-refractivity contribution >= 4 is 22.7 Å². The number of amides is 2. The summed E-state index contributed by atoms with van der Waals surface area (Å²) in [6, 6.07) is 11.0. The molecule has 0 unspecified atom stereocenters. The van der Waals surface area contributed by atoms with Crippen molar-refractivity contribution in [1.29, 1.82) is 0 Å². The molecule has 6 nitrogen and oxygen atoms in total. The molecule has 1 aromatic carbocycles. The quantitative estimate of drug-likeness (QED) is 0.882. The Morgan fingerprint density at radius 3 is 2.65 bits per heavy atom. The number of pyridine rings is 1. The Morgan fingerprint density at radius 2 is 1.88 bits per heavy atom. The van der Waals surface area contributed by atoms with Crippen molar-refractivity contribution in [1.82, 2.24) is 15.2 Å². The van der Waals surface area contributed by atoms with Gasteiger partial charge in [0.05, 0.1) is 17.7 Å². The van der Waals surface area contributed by atoms with Gasteiger partial charge in [0.2, 0.25) is 5.91 Å². The standard InChI is InChI=1S/C20H25N3O3/c1-13(2)19(25)22-16-9-11-23(12-10-18(16)24)20(26)17-8-7-14-5-3-4-6-15(14)21-17/h3-8,13,16,18,24H,9-12H2,1-2H3,(H,22,25)/t16-,18-/m0/s1. The van der Waals surface area contributed by atoms with Gasteiger partial charge in [0.25, 0.3) is 5.91 Å². The van der Waals surface area contributed by atoms with Crippen molar-refractivity contribution in [3.05, 3.63) is 42.1 Å². The highest BCUT2D eigenvalue weighted by Gasteiger charge is 2.29. The van der Waals surface area contributed by atoms with Crippen molar-refractivity contribution in [3.63, 3.8) is 0 Å². The van der Waals surface area contributed by atoms with Gasteiger partial charge in [0.1, 0.15) is 5.69 Å². The van der Waals surface area contributed by atoms with Crippen molar-refractivity contribution in [2.24, 2.45) is 5.92 Å². The summed E-state index contributed by atoms with van der Waals surface area (Å²) in [6.45, 7) is 4.56. The lowest BCUT2D eigenvalue weighted by Gasteiger charge is -2.22. The molecule has 6 heteroatoms. The number of fused-ring (bicyclic) bond motifs is 1. The van der Waals surface area contributed by atoms with E-state index in [2.05, 4.69) is 10.3 Å². The van der Waals surface area contributed by atoms with Crippen molar-refractivity contribution in [2.45, 2.75) is 38.8 Å². The lowest BCUT2D eigenvalue weighted by Crippen LogP contribution is -2.44. The molecule has 0 radical (unpaired) electrons. The van der Waals surface area contributed by atoms with E-state index in [9.17, 15) is 14.7 Å². The maximum absolute atomic E-state index is 12.8. The van der Waals surface area contributed by atoms with Crippen LogP contribution in [0.3, 0.4) is 0 Å². The summed E-state index contributed by atoms with van der Waals surface area (Å²) in [5, 5.41) is 14.2. The summed E-state index contributed by atoms with van der Waals surface area (Å²) >= 11 is 0. The zero-order chi connectivity index (χ0) is 18.7. The fourth-order valence-corrected chi connectivity index (χ4v) is 3.16. The number of benzene rings is 1. The molecule has 0 saturated carbocycles. The van der Waals surface area contributed by atoms with Gasteiger partial charge >= 0.3 is 0 Å². The molecule has 0 spiro atoms. The molecule has 2 aromatic rings. The van der Waals surface area contributed by atoms with Gasteiger partial charge in [-0.25, -0.2) is 4.98 Å². The van der Waals surface area contributed by atoms with Crippen LogP contribution in [0.15, 0.2) is 36.4 Å².